The number of nitrogens with zero attached hydrogens (tertiary/aromatic N) is 2. The lowest BCUT2D eigenvalue weighted by molar-refractivity contribution is 0.518. The number of nitrogens with two attached hydrogens (primary N) is 1. The van der Waals surface area contributed by atoms with E-state index in [1.165, 1.54) is 0 Å². The highest BCUT2D eigenvalue weighted by Crippen LogP contribution is 2.43. The minimum Gasteiger partial charge on any atom is -0.467 e. The Hall–Kier alpha value is -3.48. The summed E-state index contributed by atoms with van der Waals surface area (Å²) < 4.78 is 6.49. The van der Waals surface area contributed by atoms with Crippen LogP contribution in [0, 0.1) is 0 Å². The lowest BCUT2D eigenvalue weighted by Crippen LogP contribution is -2.04. The summed E-state index contributed by atoms with van der Waals surface area (Å²) in [6.07, 6.45) is 1.68. The summed E-state index contributed by atoms with van der Waals surface area (Å²) in [7, 11) is 0. The van der Waals surface area contributed by atoms with Crippen LogP contribution in [0.15, 0.2) is 83.5 Å². The number of hydrogen-bond donors (Lipinski definition) is 2. The number of nitrogens with one attached hydrogen (secondary N) is 1. The molecule has 0 aliphatic carbocycles. The molecule has 0 bridgehead atoms. The van der Waals surface area contributed by atoms with Gasteiger partial charge in [0, 0.05) is 22.0 Å². The molecule has 6 heteroatoms. The first-order valence-corrected chi connectivity index (χ1v) is 11.0. The van der Waals surface area contributed by atoms with Crippen LogP contribution in [-0.4, -0.2) is 9.97 Å². The van der Waals surface area contributed by atoms with Crippen LogP contribution in [-0.2, 0) is 6.54 Å². The van der Waals surface area contributed by atoms with Gasteiger partial charge in [0.2, 0.25) is 0 Å². The van der Waals surface area contributed by atoms with Gasteiger partial charge in [-0.1, -0.05) is 60.7 Å². The van der Waals surface area contributed by atoms with E-state index < -0.39 is 0 Å². The van der Waals surface area contributed by atoms with Crippen molar-refractivity contribution in [2.75, 3.05) is 5.32 Å². The number of furan rings is 1. The molecule has 3 aromatic heterocycles. The Labute approximate surface area is 184 Å². The first-order chi connectivity index (χ1) is 15.2. The van der Waals surface area contributed by atoms with Crippen molar-refractivity contribution in [2.45, 2.75) is 19.5 Å². The van der Waals surface area contributed by atoms with E-state index in [1.807, 2.05) is 67.6 Å². The number of fused-ring (bicyclic) bond motifs is 1. The lowest BCUT2D eigenvalue weighted by atomic mass is 10.0. The van der Waals surface area contributed by atoms with Gasteiger partial charge in [0.15, 0.2) is 5.82 Å². The molecule has 5 aromatic rings. The fourth-order valence-corrected chi connectivity index (χ4v) is 4.80. The first kappa shape index (κ1) is 19.5. The van der Waals surface area contributed by atoms with Gasteiger partial charge in [0.1, 0.15) is 11.6 Å². The maximum absolute atomic E-state index is 6.39. The van der Waals surface area contributed by atoms with Crippen molar-refractivity contribution in [3.05, 3.63) is 89.7 Å². The van der Waals surface area contributed by atoms with Gasteiger partial charge in [-0.3, -0.25) is 0 Å². The van der Waals surface area contributed by atoms with E-state index in [-0.39, 0.29) is 6.04 Å². The second kappa shape index (κ2) is 8.34. The van der Waals surface area contributed by atoms with Crippen LogP contribution in [0.3, 0.4) is 0 Å². The fourth-order valence-electron chi connectivity index (χ4n) is 3.62. The lowest BCUT2D eigenvalue weighted by Gasteiger charge is -2.10. The van der Waals surface area contributed by atoms with Gasteiger partial charge >= 0.3 is 0 Å². The summed E-state index contributed by atoms with van der Waals surface area (Å²) in [5.74, 6) is 2.32. The standard InChI is InChI=1S/C25H22N4OS/c1-16(26)22-20(17-9-4-2-5-10-17)21-23(31-22)25(27-15-19-13-8-14-30-19)29-24(28-21)18-11-6-3-7-12-18/h2-14,16H,15,26H2,1H3,(H,27,28,29)/t16-/m0/s1. The van der Waals surface area contributed by atoms with Crippen LogP contribution < -0.4 is 11.1 Å². The van der Waals surface area contributed by atoms with Gasteiger partial charge in [-0.2, -0.15) is 0 Å². The van der Waals surface area contributed by atoms with Crippen LogP contribution in [0.1, 0.15) is 23.6 Å². The Morgan fingerprint density at radius 3 is 2.29 bits per heavy atom. The van der Waals surface area contributed by atoms with Gasteiger partial charge in [-0.15, -0.1) is 11.3 Å². The van der Waals surface area contributed by atoms with Crippen molar-refractivity contribution < 1.29 is 4.42 Å². The zero-order valence-electron chi connectivity index (χ0n) is 17.1. The van der Waals surface area contributed by atoms with Gasteiger partial charge < -0.3 is 15.5 Å². The maximum atomic E-state index is 6.39. The molecule has 31 heavy (non-hydrogen) atoms. The van der Waals surface area contributed by atoms with Crippen LogP contribution in [0.4, 0.5) is 5.82 Å². The first-order valence-electron chi connectivity index (χ1n) is 10.2. The van der Waals surface area contributed by atoms with Crippen molar-refractivity contribution in [3.63, 3.8) is 0 Å². The molecule has 0 saturated heterocycles. The SMILES string of the molecule is C[C@H](N)c1sc2c(NCc3ccco3)nc(-c3ccccc3)nc2c1-c1ccccc1. The highest BCUT2D eigenvalue weighted by Gasteiger charge is 2.22. The number of anilines is 1. The predicted octanol–water partition coefficient (Wildman–Crippen LogP) is 6.25. The van der Waals surface area contributed by atoms with E-state index in [2.05, 4.69) is 17.4 Å². The number of hydrogen-bond acceptors (Lipinski definition) is 6. The Morgan fingerprint density at radius 1 is 0.935 bits per heavy atom. The molecule has 0 radical (unpaired) electrons. The fraction of sp³-hybridized carbons (Fsp3) is 0.120. The van der Waals surface area contributed by atoms with Gasteiger partial charge in [0.25, 0.3) is 0 Å². The third kappa shape index (κ3) is 3.83. The largest absolute Gasteiger partial charge is 0.467 e. The molecule has 0 unspecified atom stereocenters. The van der Waals surface area contributed by atoms with Crippen LogP contribution >= 0.6 is 11.3 Å². The van der Waals surface area contributed by atoms with Crippen LogP contribution in [0.2, 0.25) is 0 Å². The normalized spacial score (nSPS) is 12.2. The van der Waals surface area contributed by atoms with Crippen LogP contribution in [0.5, 0.6) is 0 Å². The Morgan fingerprint density at radius 2 is 1.65 bits per heavy atom. The zero-order valence-corrected chi connectivity index (χ0v) is 17.9. The van der Waals surface area contributed by atoms with E-state index >= 15 is 0 Å². The van der Waals surface area contributed by atoms with E-state index in [9.17, 15) is 0 Å². The van der Waals surface area contributed by atoms with Gasteiger partial charge in [-0.25, -0.2) is 9.97 Å². The molecule has 0 fully saturated rings. The summed E-state index contributed by atoms with van der Waals surface area (Å²) in [5.41, 5.74) is 10.5. The number of rotatable bonds is 6. The minimum absolute atomic E-state index is 0.118. The average Bonchev–Trinajstić information content (AvgIpc) is 3.46. The molecule has 0 aliphatic heterocycles. The van der Waals surface area contributed by atoms with E-state index in [1.54, 1.807) is 17.6 Å². The molecular formula is C25H22N4OS. The van der Waals surface area contributed by atoms with Crippen molar-refractivity contribution in [1.29, 1.82) is 0 Å². The number of benzene rings is 2. The van der Waals surface area contributed by atoms with E-state index in [4.69, 9.17) is 20.1 Å². The van der Waals surface area contributed by atoms with Gasteiger partial charge in [-0.05, 0) is 24.6 Å². The second-order valence-corrected chi connectivity index (χ2v) is 8.42. The van der Waals surface area contributed by atoms with E-state index in [0.717, 1.165) is 43.4 Å². The predicted molar refractivity (Wildman–Crippen MR) is 127 cm³/mol. The summed E-state index contributed by atoms with van der Waals surface area (Å²) >= 11 is 1.65. The second-order valence-electron chi connectivity index (χ2n) is 7.37. The molecule has 0 spiro atoms. The third-order valence-corrected chi connectivity index (χ3v) is 6.47. The zero-order chi connectivity index (χ0) is 21.2. The molecule has 5 nitrogen and oxygen atoms in total. The number of thiophene rings is 1. The van der Waals surface area contributed by atoms with Crippen molar-refractivity contribution >= 4 is 27.4 Å². The Kier molecular flexibility index (Phi) is 5.24. The summed E-state index contributed by atoms with van der Waals surface area (Å²) in [6.45, 7) is 2.55. The Bertz CT molecular complexity index is 1300. The molecule has 3 N–H and O–H groups in total. The smallest absolute Gasteiger partial charge is 0.162 e. The summed E-state index contributed by atoms with van der Waals surface area (Å²) in [6, 6.07) is 24.1. The van der Waals surface area contributed by atoms with Gasteiger partial charge in [0.05, 0.1) is 23.0 Å². The Balaban J connectivity index is 1.74. The quantitative estimate of drug-likeness (QED) is 0.336. The molecule has 2 aromatic carbocycles. The molecule has 3 heterocycles. The molecule has 0 saturated carbocycles. The number of aromatic nitrogens is 2. The van der Waals surface area contributed by atoms with Crippen molar-refractivity contribution in [1.82, 2.24) is 9.97 Å². The maximum Gasteiger partial charge on any atom is 0.162 e. The molecule has 1 atom stereocenters. The van der Waals surface area contributed by atoms with Crippen molar-refractivity contribution in [2.24, 2.45) is 5.73 Å². The molecule has 0 amide bonds. The van der Waals surface area contributed by atoms with E-state index in [0.29, 0.717) is 12.4 Å². The summed E-state index contributed by atoms with van der Waals surface area (Å²) in [5, 5.41) is 3.46. The minimum atomic E-state index is -0.118. The monoisotopic (exact) mass is 426 g/mol. The van der Waals surface area contributed by atoms with Crippen molar-refractivity contribution in [3.8, 4) is 22.5 Å². The summed E-state index contributed by atoms with van der Waals surface area (Å²) in [4.78, 5) is 11.0. The average molecular weight is 427 g/mol. The highest BCUT2D eigenvalue weighted by molar-refractivity contribution is 7.20. The van der Waals surface area contributed by atoms with Crippen LogP contribution in [0.25, 0.3) is 32.7 Å². The topological polar surface area (TPSA) is 77.0 Å². The highest BCUT2D eigenvalue weighted by atomic mass is 32.1. The molecule has 154 valence electrons. The molecule has 5 rings (SSSR count). The molecule has 0 aliphatic rings. The molecular weight excluding hydrogens is 404 g/mol. The third-order valence-electron chi connectivity index (χ3n) is 5.08.